The van der Waals surface area contributed by atoms with Crippen molar-refractivity contribution in [1.82, 2.24) is 10.6 Å². The van der Waals surface area contributed by atoms with Gasteiger partial charge in [0.2, 0.25) is 0 Å². The van der Waals surface area contributed by atoms with Gasteiger partial charge in [-0.15, -0.1) is 0 Å². The van der Waals surface area contributed by atoms with Crippen LogP contribution in [0.4, 0.5) is 9.59 Å². The number of benzene rings is 1. The Morgan fingerprint density at radius 3 is 2.33 bits per heavy atom. The van der Waals surface area contributed by atoms with Crippen LogP contribution in [0.25, 0.3) is 0 Å². The number of nitrogens with one attached hydrogen (secondary N) is 2. The molecule has 0 atom stereocenters. The van der Waals surface area contributed by atoms with E-state index in [4.69, 9.17) is 9.84 Å². The largest absolute Gasteiger partial charge is 0.465 e. The minimum absolute atomic E-state index is 0.248. The smallest absolute Gasteiger partial charge is 0.407 e. The van der Waals surface area contributed by atoms with Gasteiger partial charge in [-0.1, -0.05) is 24.3 Å². The maximum Gasteiger partial charge on any atom is 0.407 e. The van der Waals surface area contributed by atoms with Crippen molar-refractivity contribution in [2.45, 2.75) is 39.3 Å². The van der Waals surface area contributed by atoms with Crippen molar-refractivity contribution in [3.05, 3.63) is 35.4 Å². The summed E-state index contributed by atoms with van der Waals surface area (Å²) in [5, 5.41) is 13.7. The first-order valence-electron chi connectivity index (χ1n) is 6.78. The molecule has 0 heterocycles. The number of carboxylic acid groups (broad SMARTS) is 1. The summed E-state index contributed by atoms with van der Waals surface area (Å²) in [6.07, 6.45) is -0.906. The summed E-state index contributed by atoms with van der Waals surface area (Å²) in [4.78, 5) is 22.1. The van der Waals surface area contributed by atoms with Crippen molar-refractivity contribution >= 4 is 12.2 Å². The molecule has 0 saturated carbocycles. The monoisotopic (exact) mass is 294 g/mol. The van der Waals surface area contributed by atoms with E-state index in [9.17, 15) is 9.59 Å². The molecule has 2 amide bonds. The van der Waals surface area contributed by atoms with Crippen LogP contribution in [-0.4, -0.2) is 29.4 Å². The maximum atomic E-state index is 11.5. The molecule has 0 aliphatic carbocycles. The Morgan fingerprint density at radius 2 is 1.76 bits per heavy atom. The van der Waals surface area contributed by atoms with Gasteiger partial charge in [0.15, 0.2) is 0 Å². The minimum atomic E-state index is -1.06. The van der Waals surface area contributed by atoms with E-state index in [2.05, 4.69) is 10.6 Å². The number of ether oxygens (including phenoxy) is 1. The van der Waals surface area contributed by atoms with Crippen molar-refractivity contribution < 1.29 is 19.4 Å². The maximum absolute atomic E-state index is 11.5. The number of hydrogen-bond donors (Lipinski definition) is 3. The quantitative estimate of drug-likeness (QED) is 0.778. The lowest BCUT2D eigenvalue weighted by molar-refractivity contribution is 0.0528. The van der Waals surface area contributed by atoms with Gasteiger partial charge >= 0.3 is 12.2 Å². The second kappa shape index (κ2) is 7.52. The van der Waals surface area contributed by atoms with Crippen LogP contribution in [0.3, 0.4) is 0 Å². The number of rotatable bonds is 5. The number of alkyl carbamates (subject to hydrolysis) is 1. The normalized spacial score (nSPS) is 10.8. The van der Waals surface area contributed by atoms with E-state index >= 15 is 0 Å². The zero-order valence-electron chi connectivity index (χ0n) is 12.6. The zero-order chi connectivity index (χ0) is 15.9. The number of hydrogen-bond acceptors (Lipinski definition) is 3. The van der Waals surface area contributed by atoms with Crippen molar-refractivity contribution in [3.8, 4) is 0 Å². The van der Waals surface area contributed by atoms with Gasteiger partial charge in [0.25, 0.3) is 0 Å². The van der Waals surface area contributed by atoms with Gasteiger partial charge in [-0.2, -0.15) is 0 Å². The van der Waals surface area contributed by atoms with Gasteiger partial charge in [0, 0.05) is 13.1 Å². The van der Waals surface area contributed by atoms with E-state index in [1.54, 1.807) is 20.8 Å². The average molecular weight is 294 g/mol. The molecular formula is C15H22N2O4. The van der Waals surface area contributed by atoms with Gasteiger partial charge in [0.05, 0.1) is 0 Å². The van der Waals surface area contributed by atoms with Crippen molar-refractivity contribution in [1.29, 1.82) is 0 Å². The second-order valence-corrected chi connectivity index (χ2v) is 5.61. The lowest BCUT2D eigenvalue weighted by Crippen LogP contribution is -2.33. The van der Waals surface area contributed by atoms with E-state index in [-0.39, 0.29) is 6.54 Å². The average Bonchev–Trinajstić information content (AvgIpc) is 2.35. The van der Waals surface area contributed by atoms with Crippen LogP contribution in [0.5, 0.6) is 0 Å². The molecule has 1 aromatic rings. The Balaban J connectivity index is 2.48. The summed E-state index contributed by atoms with van der Waals surface area (Å²) in [5.74, 6) is 0. The second-order valence-electron chi connectivity index (χ2n) is 5.61. The third kappa shape index (κ3) is 7.20. The first-order chi connectivity index (χ1) is 9.78. The molecule has 0 aliphatic rings. The third-order valence-electron chi connectivity index (χ3n) is 2.61. The van der Waals surface area contributed by atoms with Crippen LogP contribution in [0.1, 0.15) is 31.9 Å². The fourth-order valence-corrected chi connectivity index (χ4v) is 1.76. The lowest BCUT2D eigenvalue weighted by atomic mass is 10.0. The highest BCUT2D eigenvalue weighted by atomic mass is 16.6. The molecule has 0 fully saturated rings. The Kier molecular flexibility index (Phi) is 6.02. The molecule has 0 aromatic heterocycles. The van der Waals surface area contributed by atoms with E-state index in [0.717, 1.165) is 11.1 Å². The SMILES string of the molecule is CC(C)(C)OC(=O)NCCc1ccccc1CNC(=O)O. The van der Waals surface area contributed by atoms with Gasteiger partial charge < -0.3 is 20.5 Å². The Morgan fingerprint density at radius 1 is 1.14 bits per heavy atom. The van der Waals surface area contributed by atoms with Crippen molar-refractivity contribution in [2.75, 3.05) is 6.54 Å². The lowest BCUT2D eigenvalue weighted by Gasteiger charge is -2.19. The van der Waals surface area contributed by atoms with E-state index < -0.39 is 17.8 Å². The van der Waals surface area contributed by atoms with E-state index in [0.29, 0.717) is 13.0 Å². The molecule has 0 radical (unpaired) electrons. The molecule has 0 spiro atoms. The fourth-order valence-electron chi connectivity index (χ4n) is 1.76. The summed E-state index contributed by atoms with van der Waals surface area (Å²) in [6, 6.07) is 7.51. The summed E-state index contributed by atoms with van der Waals surface area (Å²) in [6.45, 7) is 6.09. The highest BCUT2D eigenvalue weighted by Crippen LogP contribution is 2.10. The van der Waals surface area contributed by atoms with Gasteiger partial charge in [-0.05, 0) is 38.3 Å². The predicted molar refractivity (Wildman–Crippen MR) is 79.2 cm³/mol. The van der Waals surface area contributed by atoms with Crippen LogP contribution in [0.15, 0.2) is 24.3 Å². The first-order valence-corrected chi connectivity index (χ1v) is 6.78. The zero-order valence-corrected chi connectivity index (χ0v) is 12.6. The van der Waals surface area contributed by atoms with Gasteiger partial charge in [0.1, 0.15) is 5.60 Å². The Hall–Kier alpha value is -2.24. The van der Waals surface area contributed by atoms with E-state index in [1.165, 1.54) is 0 Å². The molecule has 0 saturated heterocycles. The molecule has 0 unspecified atom stereocenters. The molecule has 6 nitrogen and oxygen atoms in total. The molecule has 3 N–H and O–H groups in total. The first kappa shape index (κ1) is 16.8. The van der Waals surface area contributed by atoms with Gasteiger partial charge in [-0.25, -0.2) is 9.59 Å². The number of carbonyl (C=O) groups is 2. The summed E-state index contributed by atoms with van der Waals surface area (Å²) in [5.41, 5.74) is 1.36. The summed E-state index contributed by atoms with van der Waals surface area (Å²) >= 11 is 0. The van der Waals surface area contributed by atoms with Crippen LogP contribution >= 0.6 is 0 Å². The summed E-state index contributed by atoms with van der Waals surface area (Å²) in [7, 11) is 0. The predicted octanol–water partition coefficient (Wildman–Crippen LogP) is 2.52. The molecule has 0 aliphatic heterocycles. The highest BCUT2D eigenvalue weighted by molar-refractivity contribution is 5.67. The topological polar surface area (TPSA) is 87.7 Å². The molecule has 1 rings (SSSR count). The van der Waals surface area contributed by atoms with Crippen LogP contribution < -0.4 is 10.6 Å². The highest BCUT2D eigenvalue weighted by Gasteiger charge is 2.15. The molecule has 6 heteroatoms. The van der Waals surface area contributed by atoms with E-state index in [1.807, 2.05) is 24.3 Å². The van der Waals surface area contributed by atoms with Crippen LogP contribution in [-0.2, 0) is 17.7 Å². The number of carbonyl (C=O) groups excluding carboxylic acids is 1. The van der Waals surface area contributed by atoms with Gasteiger partial charge in [-0.3, -0.25) is 0 Å². The van der Waals surface area contributed by atoms with Crippen LogP contribution in [0, 0.1) is 0 Å². The summed E-state index contributed by atoms with van der Waals surface area (Å²) < 4.78 is 5.14. The standard InChI is InChI=1S/C15H22N2O4/c1-15(2,3)21-14(20)16-9-8-11-6-4-5-7-12(11)10-17-13(18)19/h4-7,17H,8-10H2,1-3H3,(H,16,20)(H,18,19). The Labute approximate surface area is 124 Å². The molecule has 1 aromatic carbocycles. The molecule has 116 valence electrons. The molecular weight excluding hydrogens is 272 g/mol. The molecule has 21 heavy (non-hydrogen) atoms. The third-order valence-corrected chi connectivity index (χ3v) is 2.61. The fraction of sp³-hybridized carbons (Fsp3) is 0.467. The minimum Gasteiger partial charge on any atom is -0.465 e. The molecule has 0 bridgehead atoms. The van der Waals surface area contributed by atoms with Crippen molar-refractivity contribution in [3.63, 3.8) is 0 Å². The number of amides is 2. The Bertz CT molecular complexity index is 495. The van der Waals surface area contributed by atoms with Crippen LogP contribution in [0.2, 0.25) is 0 Å². The van der Waals surface area contributed by atoms with Crippen molar-refractivity contribution in [2.24, 2.45) is 0 Å².